The molecule has 2 N–H and O–H groups in total. The molecule has 5 nitrogen and oxygen atoms in total. The number of rotatable bonds is 5. The molecule has 1 rings (SSSR count). The molecule has 22 heavy (non-hydrogen) atoms. The Morgan fingerprint density at radius 2 is 1.77 bits per heavy atom. The Morgan fingerprint density at radius 3 is 2.18 bits per heavy atom. The van der Waals surface area contributed by atoms with Gasteiger partial charge in [-0.25, -0.2) is 0 Å². The van der Waals surface area contributed by atoms with Crippen molar-refractivity contribution in [3.05, 3.63) is 0 Å². The van der Waals surface area contributed by atoms with Gasteiger partial charge in [-0.3, -0.25) is 9.59 Å². The summed E-state index contributed by atoms with van der Waals surface area (Å²) in [5.41, 5.74) is 0.0632. The second-order valence-electron chi connectivity index (χ2n) is 7.91. The van der Waals surface area contributed by atoms with Crippen LogP contribution in [0.5, 0.6) is 0 Å². The number of piperidine rings is 1. The molecule has 128 valence electrons. The summed E-state index contributed by atoms with van der Waals surface area (Å²) in [7, 11) is 0. The monoisotopic (exact) mass is 312 g/mol. The van der Waals surface area contributed by atoms with Crippen LogP contribution in [0.1, 0.15) is 53.9 Å². The summed E-state index contributed by atoms with van der Waals surface area (Å²) in [4.78, 5) is 26.1. The topological polar surface area (TPSA) is 69.6 Å². The molecule has 0 aromatic carbocycles. The second-order valence-corrected chi connectivity index (χ2v) is 7.91. The van der Waals surface area contributed by atoms with E-state index < -0.39 is 0 Å². The van der Waals surface area contributed by atoms with Crippen LogP contribution >= 0.6 is 0 Å². The number of aliphatic hydroxyl groups is 1. The molecule has 0 aliphatic carbocycles. The van der Waals surface area contributed by atoms with Gasteiger partial charge >= 0.3 is 0 Å². The van der Waals surface area contributed by atoms with E-state index in [1.807, 2.05) is 18.7 Å². The van der Waals surface area contributed by atoms with Crippen molar-refractivity contribution in [3.8, 4) is 0 Å². The fourth-order valence-electron chi connectivity index (χ4n) is 2.95. The molecule has 1 saturated heterocycles. The fraction of sp³-hybridized carbons (Fsp3) is 0.882. The van der Waals surface area contributed by atoms with Gasteiger partial charge in [0.15, 0.2) is 0 Å². The lowest BCUT2D eigenvalue weighted by molar-refractivity contribution is -0.138. The average molecular weight is 312 g/mol. The molecular formula is C17H32N2O3. The molecule has 1 unspecified atom stereocenters. The van der Waals surface area contributed by atoms with Crippen molar-refractivity contribution in [3.63, 3.8) is 0 Å². The lowest BCUT2D eigenvalue weighted by Gasteiger charge is -2.33. The predicted octanol–water partition coefficient (Wildman–Crippen LogP) is 1.79. The van der Waals surface area contributed by atoms with Gasteiger partial charge in [0, 0.05) is 24.9 Å². The van der Waals surface area contributed by atoms with E-state index in [0.29, 0.717) is 25.9 Å². The first-order valence-corrected chi connectivity index (χ1v) is 8.34. The molecule has 2 amide bonds. The molecule has 1 aliphatic heterocycles. The Labute approximate surface area is 134 Å². The summed E-state index contributed by atoms with van der Waals surface area (Å²) in [6.45, 7) is 11.4. The van der Waals surface area contributed by atoms with Crippen molar-refractivity contribution in [1.29, 1.82) is 0 Å². The molecule has 1 aliphatic rings. The largest absolute Gasteiger partial charge is 0.394 e. The number of hydrogen-bond donors (Lipinski definition) is 2. The highest BCUT2D eigenvalue weighted by Crippen LogP contribution is 2.22. The van der Waals surface area contributed by atoms with Gasteiger partial charge in [0.25, 0.3) is 0 Å². The quantitative estimate of drug-likeness (QED) is 0.813. The SMILES string of the molecule is CC(C)C(=O)N1CCC(C(=O)NC(CO)CC(C)(C)C)CC1. The van der Waals surface area contributed by atoms with Gasteiger partial charge in [-0.1, -0.05) is 34.6 Å². The van der Waals surface area contributed by atoms with Crippen LogP contribution in [-0.2, 0) is 9.59 Å². The smallest absolute Gasteiger partial charge is 0.225 e. The third-order valence-electron chi connectivity index (χ3n) is 4.10. The van der Waals surface area contributed by atoms with Crippen molar-refractivity contribution < 1.29 is 14.7 Å². The Morgan fingerprint density at radius 1 is 1.23 bits per heavy atom. The van der Waals surface area contributed by atoms with E-state index >= 15 is 0 Å². The van der Waals surface area contributed by atoms with Gasteiger partial charge in [-0.2, -0.15) is 0 Å². The van der Waals surface area contributed by atoms with Gasteiger partial charge < -0.3 is 15.3 Å². The minimum Gasteiger partial charge on any atom is -0.394 e. The average Bonchev–Trinajstić information content (AvgIpc) is 2.44. The lowest BCUT2D eigenvalue weighted by atomic mass is 9.87. The molecule has 0 aromatic heterocycles. The van der Waals surface area contributed by atoms with Gasteiger partial charge in [-0.15, -0.1) is 0 Å². The first-order chi connectivity index (χ1) is 10.1. The first kappa shape index (κ1) is 18.9. The second kappa shape index (κ2) is 7.95. The summed E-state index contributed by atoms with van der Waals surface area (Å²) in [5.74, 6) is 0.140. The van der Waals surface area contributed by atoms with Gasteiger partial charge in [0.2, 0.25) is 11.8 Å². The normalized spacial score (nSPS) is 18.4. The van der Waals surface area contributed by atoms with Crippen molar-refractivity contribution in [1.82, 2.24) is 10.2 Å². The van der Waals surface area contributed by atoms with E-state index in [9.17, 15) is 14.7 Å². The van der Waals surface area contributed by atoms with Crippen LogP contribution in [0.15, 0.2) is 0 Å². The molecule has 0 bridgehead atoms. The van der Waals surface area contributed by atoms with Crippen molar-refractivity contribution in [2.24, 2.45) is 17.3 Å². The summed E-state index contributed by atoms with van der Waals surface area (Å²) in [5, 5.41) is 12.4. The van der Waals surface area contributed by atoms with Crippen LogP contribution in [0, 0.1) is 17.3 Å². The van der Waals surface area contributed by atoms with Crippen molar-refractivity contribution in [2.45, 2.75) is 59.9 Å². The lowest BCUT2D eigenvalue weighted by Crippen LogP contribution is -2.47. The van der Waals surface area contributed by atoms with Gasteiger partial charge in [-0.05, 0) is 24.7 Å². The molecular weight excluding hydrogens is 280 g/mol. The zero-order valence-electron chi connectivity index (χ0n) is 14.7. The standard InChI is InChI=1S/C17H32N2O3/c1-12(2)16(22)19-8-6-13(7-9-19)15(21)18-14(11-20)10-17(3,4)5/h12-14,20H,6-11H2,1-5H3,(H,18,21). The molecule has 0 spiro atoms. The third kappa shape index (κ3) is 5.95. The van der Waals surface area contributed by atoms with E-state index in [4.69, 9.17) is 0 Å². The summed E-state index contributed by atoms with van der Waals surface area (Å²) < 4.78 is 0. The molecule has 0 aromatic rings. The molecule has 1 heterocycles. The first-order valence-electron chi connectivity index (χ1n) is 8.34. The Hall–Kier alpha value is -1.10. The Kier molecular flexibility index (Phi) is 6.85. The van der Waals surface area contributed by atoms with Crippen molar-refractivity contribution >= 4 is 11.8 Å². The maximum Gasteiger partial charge on any atom is 0.225 e. The maximum atomic E-state index is 12.3. The molecule has 1 atom stereocenters. The maximum absolute atomic E-state index is 12.3. The number of aliphatic hydroxyl groups excluding tert-OH is 1. The number of hydrogen-bond acceptors (Lipinski definition) is 3. The number of carbonyl (C=O) groups excluding carboxylic acids is 2. The number of likely N-dealkylation sites (tertiary alicyclic amines) is 1. The highest BCUT2D eigenvalue weighted by atomic mass is 16.3. The predicted molar refractivity (Wildman–Crippen MR) is 87.2 cm³/mol. The van der Waals surface area contributed by atoms with E-state index in [1.54, 1.807) is 0 Å². The highest BCUT2D eigenvalue weighted by molar-refractivity contribution is 5.81. The highest BCUT2D eigenvalue weighted by Gasteiger charge is 2.29. The molecule has 0 saturated carbocycles. The minimum atomic E-state index is -0.192. The third-order valence-corrected chi connectivity index (χ3v) is 4.10. The number of nitrogens with zero attached hydrogens (tertiary/aromatic N) is 1. The van der Waals surface area contributed by atoms with Crippen LogP contribution in [0.25, 0.3) is 0 Å². The van der Waals surface area contributed by atoms with Crippen LogP contribution in [0.4, 0.5) is 0 Å². The van der Waals surface area contributed by atoms with Crippen LogP contribution in [0.3, 0.4) is 0 Å². The zero-order valence-corrected chi connectivity index (χ0v) is 14.7. The van der Waals surface area contributed by atoms with Gasteiger partial charge in [0.05, 0.1) is 12.6 Å². The number of nitrogens with one attached hydrogen (secondary N) is 1. The van der Waals surface area contributed by atoms with Gasteiger partial charge in [0.1, 0.15) is 0 Å². The molecule has 5 heteroatoms. The molecule has 1 fully saturated rings. The summed E-state index contributed by atoms with van der Waals surface area (Å²) in [6.07, 6.45) is 2.16. The van der Waals surface area contributed by atoms with E-state index in [1.165, 1.54) is 0 Å². The van der Waals surface area contributed by atoms with Crippen LogP contribution in [0.2, 0.25) is 0 Å². The summed E-state index contributed by atoms with van der Waals surface area (Å²) in [6, 6.07) is -0.192. The Balaban J connectivity index is 2.46. The van der Waals surface area contributed by atoms with Crippen LogP contribution < -0.4 is 5.32 Å². The fourth-order valence-corrected chi connectivity index (χ4v) is 2.95. The number of amides is 2. The van der Waals surface area contributed by atoms with E-state index in [0.717, 1.165) is 6.42 Å². The summed E-state index contributed by atoms with van der Waals surface area (Å²) >= 11 is 0. The zero-order chi connectivity index (χ0) is 16.9. The van der Waals surface area contributed by atoms with E-state index in [-0.39, 0.29) is 41.7 Å². The minimum absolute atomic E-state index is 0.0101. The Bertz CT molecular complexity index is 380. The number of carbonyl (C=O) groups is 2. The van der Waals surface area contributed by atoms with E-state index in [2.05, 4.69) is 26.1 Å². The molecule has 0 radical (unpaired) electrons. The van der Waals surface area contributed by atoms with Crippen molar-refractivity contribution in [2.75, 3.05) is 19.7 Å². The van der Waals surface area contributed by atoms with Crippen LogP contribution in [-0.4, -0.2) is 47.6 Å².